The summed E-state index contributed by atoms with van der Waals surface area (Å²) in [6, 6.07) is 11.2. The normalized spacial score (nSPS) is 17.6. The van der Waals surface area contributed by atoms with Gasteiger partial charge in [0.15, 0.2) is 0 Å². The first-order valence-electron chi connectivity index (χ1n) is 8.71. The number of nitrogens with one attached hydrogen (secondary N) is 1. The highest BCUT2D eigenvalue weighted by molar-refractivity contribution is 7.10. The average molecular weight is 357 g/mol. The number of thiophene rings is 1. The highest BCUT2D eigenvalue weighted by Crippen LogP contribution is 2.42. The molecule has 1 fully saturated rings. The molecule has 1 heterocycles. The Bertz CT molecular complexity index is 748. The summed E-state index contributed by atoms with van der Waals surface area (Å²) in [5.74, 6) is -1.45. The number of amides is 1. The molecule has 4 nitrogen and oxygen atoms in total. The maximum atomic E-state index is 13.2. The van der Waals surface area contributed by atoms with E-state index in [4.69, 9.17) is 0 Å². The van der Waals surface area contributed by atoms with E-state index in [1.54, 1.807) is 36.5 Å². The van der Waals surface area contributed by atoms with E-state index in [2.05, 4.69) is 11.4 Å². The molecule has 0 spiro atoms. The molecule has 1 aromatic heterocycles. The molecule has 132 valence electrons. The third-order valence-corrected chi connectivity index (χ3v) is 6.22. The van der Waals surface area contributed by atoms with E-state index in [0.29, 0.717) is 11.3 Å². The van der Waals surface area contributed by atoms with Gasteiger partial charge in [-0.05, 0) is 48.9 Å². The van der Waals surface area contributed by atoms with Crippen LogP contribution in [0.1, 0.15) is 55.4 Å². The van der Waals surface area contributed by atoms with Gasteiger partial charge in [-0.3, -0.25) is 9.59 Å². The summed E-state index contributed by atoms with van der Waals surface area (Å²) in [6.45, 7) is 1.65. The van der Waals surface area contributed by atoms with Crippen molar-refractivity contribution in [2.24, 2.45) is 0 Å². The molecule has 1 saturated carbocycles. The van der Waals surface area contributed by atoms with Crippen molar-refractivity contribution in [2.45, 2.75) is 50.4 Å². The van der Waals surface area contributed by atoms with Gasteiger partial charge in [0.05, 0.1) is 11.3 Å². The van der Waals surface area contributed by atoms with Gasteiger partial charge in [-0.15, -0.1) is 11.3 Å². The number of rotatable bonds is 5. The first-order chi connectivity index (χ1) is 12.0. The summed E-state index contributed by atoms with van der Waals surface area (Å²) in [5.41, 5.74) is 0.900. The molecule has 3 rings (SSSR count). The number of aliphatic carboxylic acids is 1. The summed E-state index contributed by atoms with van der Waals surface area (Å²) >= 11 is 1.64. The van der Waals surface area contributed by atoms with Crippen LogP contribution in [0.15, 0.2) is 41.8 Å². The number of carbonyl (C=O) groups is 2. The van der Waals surface area contributed by atoms with E-state index in [1.165, 1.54) is 6.42 Å². The number of benzene rings is 1. The molecule has 2 aromatic rings. The Kier molecular flexibility index (Phi) is 5.23. The smallest absolute Gasteiger partial charge is 0.310 e. The van der Waals surface area contributed by atoms with Crippen molar-refractivity contribution < 1.29 is 14.7 Å². The standard InChI is InChI=1S/C20H23NO3S/c1-14(18(22)23)15-7-5-8-16(13-15)21-19(24)20(10-3-2-4-11-20)17-9-6-12-25-17/h5-9,12-14H,2-4,10-11H2,1H3,(H,21,24)(H,22,23). The molecular weight excluding hydrogens is 334 g/mol. The summed E-state index contributed by atoms with van der Waals surface area (Å²) < 4.78 is 0. The van der Waals surface area contributed by atoms with Crippen LogP contribution in [0.2, 0.25) is 0 Å². The third kappa shape index (κ3) is 3.61. The molecule has 0 bridgehead atoms. The molecule has 1 unspecified atom stereocenters. The van der Waals surface area contributed by atoms with Gasteiger partial charge in [-0.25, -0.2) is 0 Å². The molecule has 1 aliphatic rings. The van der Waals surface area contributed by atoms with Crippen molar-refractivity contribution in [2.75, 3.05) is 5.32 Å². The van der Waals surface area contributed by atoms with E-state index < -0.39 is 17.3 Å². The molecular formula is C20H23NO3S. The molecule has 0 radical (unpaired) electrons. The molecule has 0 saturated heterocycles. The molecule has 5 heteroatoms. The Morgan fingerprint density at radius 3 is 2.56 bits per heavy atom. The first kappa shape index (κ1) is 17.7. The third-order valence-electron chi connectivity index (χ3n) is 5.15. The second-order valence-corrected chi connectivity index (χ2v) is 7.71. The van der Waals surface area contributed by atoms with Crippen molar-refractivity contribution in [3.05, 3.63) is 52.2 Å². The molecule has 25 heavy (non-hydrogen) atoms. The highest BCUT2D eigenvalue weighted by Gasteiger charge is 2.42. The van der Waals surface area contributed by atoms with Crippen LogP contribution in [0.4, 0.5) is 5.69 Å². The number of anilines is 1. The van der Waals surface area contributed by atoms with E-state index in [-0.39, 0.29) is 5.91 Å². The van der Waals surface area contributed by atoms with Gasteiger partial charge in [-0.1, -0.05) is 37.5 Å². The van der Waals surface area contributed by atoms with Gasteiger partial charge in [-0.2, -0.15) is 0 Å². The number of carbonyl (C=O) groups excluding carboxylic acids is 1. The first-order valence-corrected chi connectivity index (χ1v) is 9.59. The minimum absolute atomic E-state index is 0.0229. The quantitative estimate of drug-likeness (QED) is 0.809. The Labute approximate surface area is 151 Å². The molecule has 1 aliphatic carbocycles. The molecule has 1 atom stereocenters. The fourth-order valence-corrected chi connectivity index (χ4v) is 4.55. The lowest BCUT2D eigenvalue weighted by Crippen LogP contribution is -2.41. The maximum absolute atomic E-state index is 13.2. The number of hydrogen-bond donors (Lipinski definition) is 2. The van der Waals surface area contributed by atoms with Crippen molar-refractivity contribution in [3.63, 3.8) is 0 Å². The average Bonchev–Trinajstić information content (AvgIpc) is 3.17. The van der Waals surface area contributed by atoms with E-state index in [1.807, 2.05) is 17.5 Å². The molecule has 1 aromatic carbocycles. The Morgan fingerprint density at radius 1 is 1.16 bits per heavy atom. The van der Waals surface area contributed by atoms with Crippen molar-refractivity contribution >= 4 is 28.9 Å². The summed E-state index contributed by atoms with van der Waals surface area (Å²) in [4.78, 5) is 25.5. The second kappa shape index (κ2) is 7.40. The molecule has 1 amide bonds. The van der Waals surface area contributed by atoms with Crippen LogP contribution in [0, 0.1) is 0 Å². The lowest BCUT2D eigenvalue weighted by Gasteiger charge is -2.35. The second-order valence-electron chi connectivity index (χ2n) is 6.76. The molecule has 0 aliphatic heterocycles. The maximum Gasteiger partial charge on any atom is 0.310 e. The van der Waals surface area contributed by atoms with Crippen molar-refractivity contribution in [1.82, 2.24) is 0 Å². The van der Waals surface area contributed by atoms with Crippen molar-refractivity contribution in [1.29, 1.82) is 0 Å². The van der Waals surface area contributed by atoms with Crippen LogP contribution >= 0.6 is 11.3 Å². The van der Waals surface area contributed by atoms with E-state index in [9.17, 15) is 14.7 Å². The van der Waals surface area contributed by atoms with Gasteiger partial charge in [0, 0.05) is 10.6 Å². The highest BCUT2D eigenvalue weighted by atomic mass is 32.1. The largest absolute Gasteiger partial charge is 0.481 e. The minimum Gasteiger partial charge on any atom is -0.481 e. The van der Waals surface area contributed by atoms with Crippen LogP contribution in [-0.4, -0.2) is 17.0 Å². The van der Waals surface area contributed by atoms with Gasteiger partial charge >= 0.3 is 5.97 Å². The van der Waals surface area contributed by atoms with Gasteiger partial charge in [0.1, 0.15) is 0 Å². The Hall–Kier alpha value is -2.14. The summed E-state index contributed by atoms with van der Waals surface area (Å²) in [7, 11) is 0. The zero-order valence-electron chi connectivity index (χ0n) is 14.3. The summed E-state index contributed by atoms with van der Waals surface area (Å²) in [5, 5.41) is 14.3. The lowest BCUT2D eigenvalue weighted by molar-refractivity contribution is -0.138. The van der Waals surface area contributed by atoms with Crippen LogP contribution in [0.3, 0.4) is 0 Å². The zero-order chi connectivity index (χ0) is 17.9. The fraction of sp³-hybridized carbons (Fsp3) is 0.400. The van der Waals surface area contributed by atoms with Gasteiger partial charge in [0.2, 0.25) is 5.91 Å². The predicted octanol–water partition coefficient (Wildman–Crippen LogP) is 4.78. The van der Waals surface area contributed by atoms with Gasteiger partial charge < -0.3 is 10.4 Å². The summed E-state index contributed by atoms with van der Waals surface area (Å²) in [6.07, 6.45) is 5.02. The van der Waals surface area contributed by atoms with E-state index in [0.717, 1.165) is 30.6 Å². The Balaban J connectivity index is 1.85. The Morgan fingerprint density at radius 2 is 1.92 bits per heavy atom. The van der Waals surface area contributed by atoms with Crippen molar-refractivity contribution in [3.8, 4) is 0 Å². The molecule has 2 N–H and O–H groups in total. The number of hydrogen-bond acceptors (Lipinski definition) is 3. The monoisotopic (exact) mass is 357 g/mol. The lowest BCUT2D eigenvalue weighted by atomic mass is 9.72. The van der Waals surface area contributed by atoms with Crippen LogP contribution in [0.25, 0.3) is 0 Å². The van der Waals surface area contributed by atoms with Crippen LogP contribution in [-0.2, 0) is 15.0 Å². The topological polar surface area (TPSA) is 66.4 Å². The minimum atomic E-state index is -0.870. The van der Waals surface area contributed by atoms with Crippen LogP contribution < -0.4 is 5.32 Å². The van der Waals surface area contributed by atoms with Gasteiger partial charge in [0.25, 0.3) is 0 Å². The van der Waals surface area contributed by atoms with Crippen LogP contribution in [0.5, 0.6) is 0 Å². The number of carboxylic acids is 1. The zero-order valence-corrected chi connectivity index (χ0v) is 15.1. The van der Waals surface area contributed by atoms with E-state index >= 15 is 0 Å². The number of carboxylic acid groups (broad SMARTS) is 1. The fourth-order valence-electron chi connectivity index (χ4n) is 3.57. The SMILES string of the molecule is CC(C(=O)O)c1cccc(NC(=O)C2(c3cccs3)CCCCC2)c1. The predicted molar refractivity (Wildman–Crippen MR) is 100 cm³/mol.